The molecule has 1 heterocycles. The van der Waals surface area contributed by atoms with Crippen LogP contribution >= 0.6 is 0 Å². The van der Waals surface area contributed by atoms with Crippen LogP contribution in [0.3, 0.4) is 0 Å². The summed E-state index contributed by atoms with van der Waals surface area (Å²) in [5, 5.41) is 16.6. The van der Waals surface area contributed by atoms with Crippen molar-refractivity contribution in [3.63, 3.8) is 0 Å². The van der Waals surface area contributed by atoms with Gasteiger partial charge in [0.05, 0.1) is 4.92 Å². The Morgan fingerprint density at radius 2 is 2.21 bits per heavy atom. The largest absolute Gasteiger partial charge is 0.323 e. The van der Waals surface area contributed by atoms with Crippen molar-refractivity contribution < 1.29 is 9.72 Å². The number of benzene rings is 1. The highest BCUT2D eigenvalue weighted by Gasteiger charge is 2.16. The van der Waals surface area contributed by atoms with Crippen molar-refractivity contribution >= 4 is 17.4 Å². The molecule has 0 atom stereocenters. The number of nitrogens with one attached hydrogen (secondary N) is 2. The van der Waals surface area contributed by atoms with Crippen molar-refractivity contribution in [1.82, 2.24) is 10.2 Å². The van der Waals surface area contributed by atoms with Gasteiger partial charge in [0.2, 0.25) is 0 Å². The SMILES string of the molecule is O=C(Nc1cccc([N+](=O)[O-])c1)N1CCCNCC1. The topological polar surface area (TPSA) is 87.5 Å². The second kappa shape index (κ2) is 6.14. The van der Waals surface area contributed by atoms with Crippen LogP contribution in [0.2, 0.25) is 0 Å². The molecule has 1 aliphatic rings. The lowest BCUT2D eigenvalue weighted by Gasteiger charge is -2.20. The number of hydrogen-bond donors (Lipinski definition) is 2. The first-order chi connectivity index (χ1) is 9.16. The molecular weight excluding hydrogens is 248 g/mol. The van der Waals surface area contributed by atoms with Gasteiger partial charge in [-0.25, -0.2) is 4.79 Å². The number of carbonyl (C=O) groups is 1. The quantitative estimate of drug-likeness (QED) is 0.624. The van der Waals surface area contributed by atoms with Crippen molar-refractivity contribution in [3.8, 4) is 0 Å². The average molecular weight is 264 g/mol. The lowest BCUT2D eigenvalue weighted by atomic mass is 10.3. The van der Waals surface area contributed by atoms with E-state index in [1.165, 1.54) is 12.1 Å². The molecule has 1 aliphatic heterocycles. The van der Waals surface area contributed by atoms with Gasteiger partial charge in [0.15, 0.2) is 0 Å². The molecule has 1 fully saturated rings. The Morgan fingerprint density at radius 3 is 3.00 bits per heavy atom. The summed E-state index contributed by atoms with van der Waals surface area (Å²) in [5.74, 6) is 0. The highest BCUT2D eigenvalue weighted by atomic mass is 16.6. The third kappa shape index (κ3) is 3.65. The molecule has 2 amide bonds. The maximum atomic E-state index is 12.0. The summed E-state index contributed by atoms with van der Waals surface area (Å²) >= 11 is 0. The van der Waals surface area contributed by atoms with Crippen LogP contribution in [0.25, 0.3) is 0 Å². The summed E-state index contributed by atoms with van der Waals surface area (Å²) in [5.41, 5.74) is 0.409. The Hall–Kier alpha value is -2.15. The van der Waals surface area contributed by atoms with Crippen molar-refractivity contribution in [2.24, 2.45) is 0 Å². The average Bonchev–Trinajstić information content (AvgIpc) is 2.68. The molecule has 0 saturated carbocycles. The summed E-state index contributed by atoms with van der Waals surface area (Å²) in [7, 11) is 0. The Kier molecular flexibility index (Phi) is 4.30. The molecule has 0 bridgehead atoms. The van der Waals surface area contributed by atoms with Gasteiger partial charge in [-0.15, -0.1) is 0 Å². The summed E-state index contributed by atoms with van der Waals surface area (Å²) in [6.45, 7) is 3.00. The monoisotopic (exact) mass is 264 g/mol. The predicted molar refractivity (Wildman–Crippen MR) is 71.2 cm³/mol. The molecule has 1 aromatic carbocycles. The molecule has 2 rings (SSSR count). The molecule has 0 spiro atoms. The van der Waals surface area contributed by atoms with Crippen LogP contribution in [-0.2, 0) is 0 Å². The van der Waals surface area contributed by atoms with E-state index in [1.807, 2.05) is 0 Å². The molecule has 1 aromatic rings. The molecular formula is C12H16N4O3. The van der Waals surface area contributed by atoms with Gasteiger partial charge in [-0.2, -0.15) is 0 Å². The standard InChI is InChI=1S/C12H16N4O3/c17-12(15-7-2-5-13-6-8-15)14-10-3-1-4-11(9-10)16(18)19/h1,3-4,9,13H,2,5-8H2,(H,14,17). The van der Waals surface area contributed by atoms with E-state index in [2.05, 4.69) is 10.6 Å². The minimum absolute atomic E-state index is 0.0321. The number of nitro benzene ring substituents is 1. The van der Waals surface area contributed by atoms with Gasteiger partial charge in [-0.05, 0) is 19.0 Å². The summed E-state index contributed by atoms with van der Waals surface area (Å²) in [6.07, 6.45) is 0.905. The zero-order valence-corrected chi connectivity index (χ0v) is 10.5. The van der Waals surface area contributed by atoms with Crippen LogP contribution in [0.5, 0.6) is 0 Å². The minimum Gasteiger partial charge on any atom is -0.323 e. The van der Waals surface area contributed by atoms with Gasteiger partial charge in [-0.3, -0.25) is 10.1 Å². The van der Waals surface area contributed by atoms with Gasteiger partial charge in [-0.1, -0.05) is 6.07 Å². The number of anilines is 1. The summed E-state index contributed by atoms with van der Waals surface area (Å²) < 4.78 is 0. The fourth-order valence-electron chi connectivity index (χ4n) is 1.95. The number of amides is 2. The third-order valence-corrected chi connectivity index (χ3v) is 2.94. The zero-order chi connectivity index (χ0) is 13.7. The van der Waals surface area contributed by atoms with Gasteiger partial charge < -0.3 is 15.5 Å². The summed E-state index contributed by atoms with van der Waals surface area (Å²) in [6, 6.07) is 5.72. The Labute approximate surface area is 110 Å². The van der Waals surface area contributed by atoms with Gasteiger partial charge in [0.25, 0.3) is 5.69 Å². The van der Waals surface area contributed by atoms with E-state index in [4.69, 9.17) is 0 Å². The van der Waals surface area contributed by atoms with E-state index in [0.717, 1.165) is 19.5 Å². The van der Waals surface area contributed by atoms with E-state index in [9.17, 15) is 14.9 Å². The second-order valence-corrected chi connectivity index (χ2v) is 4.33. The smallest absolute Gasteiger partial charge is 0.321 e. The molecule has 0 unspecified atom stereocenters. The summed E-state index contributed by atoms with van der Waals surface area (Å²) in [4.78, 5) is 23.9. The Balaban J connectivity index is 2.01. The van der Waals surface area contributed by atoms with Crippen LogP contribution in [0.1, 0.15) is 6.42 Å². The lowest BCUT2D eigenvalue weighted by Crippen LogP contribution is -2.37. The molecule has 0 aromatic heterocycles. The predicted octanol–water partition coefficient (Wildman–Crippen LogP) is 1.42. The highest BCUT2D eigenvalue weighted by Crippen LogP contribution is 2.17. The highest BCUT2D eigenvalue weighted by molar-refractivity contribution is 5.89. The van der Waals surface area contributed by atoms with Crippen molar-refractivity contribution in [3.05, 3.63) is 34.4 Å². The number of non-ortho nitro benzene ring substituents is 1. The second-order valence-electron chi connectivity index (χ2n) is 4.33. The van der Waals surface area contributed by atoms with E-state index in [0.29, 0.717) is 18.8 Å². The molecule has 7 nitrogen and oxygen atoms in total. The van der Waals surface area contributed by atoms with Crippen LogP contribution in [0, 0.1) is 10.1 Å². The molecule has 19 heavy (non-hydrogen) atoms. The number of rotatable bonds is 2. The number of nitro groups is 1. The fourth-order valence-corrected chi connectivity index (χ4v) is 1.95. The van der Waals surface area contributed by atoms with Crippen molar-refractivity contribution in [1.29, 1.82) is 0 Å². The van der Waals surface area contributed by atoms with Crippen LogP contribution in [0.4, 0.5) is 16.2 Å². The molecule has 0 aliphatic carbocycles. The third-order valence-electron chi connectivity index (χ3n) is 2.94. The van der Waals surface area contributed by atoms with Gasteiger partial charge >= 0.3 is 6.03 Å². The molecule has 0 radical (unpaired) electrons. The molecule has 2 N–H and O–H groups in total. The Bertz CT molecular complexity index is 470. The zero-order valence-electron chi connectivity index (χ0n) is 10.5. The first-order valence-electron chi connectivity index (χ1n) is 6.18. The van der Waals surface area contributed by atoms with Gasteiger partial charge in [0.1, 0.15) is 0 Å². The number of carbonyl (C=O) groups excluding carboxylic acids is 1. The van der Waals surface area contributed by atoms with Crippen molar-refractivity contribution in [2.45, 2.75) is 6.42 Å². The minimum atomic E-state index is -0.481. The van der Waals surface area contributed by atoms with Crippen LogP contribution < -0.4 is 10.6 Å². The maximum absolute atomic E-state index is 12.0. The van der Waals surface area contributed by atoms with E-state index in [-0.39, 0.29) is 11.7 Å². The van der Waals surface area contributed by atoms with Crippen molar-refractivity contribution in [2.75, 3.05) is 31.5 Å². The van der Waals surface area contributed by atoms with E-state index < -0.39 is 4.92 Å². The fraction of sp³-hybridized carbons (Fsp3) is 0.417. The van der Waals surface area contributed by atoms with Crippen LogP contribution in [0.15, 0.2) is 24.3 Å². The normalized spacial score (nSPS) is 15.7. The van der Waals surface area contributed by atoms with E-state index >= 15 is 0 Å². The molecule has 7 heteroatoms. The lowest BCUT2D eigenvalue weighted by molar-refractivity contribution is -0.384. The Morgan fingerprint density at radius 1 is 1.37 bits per heavy atom. The number of hydrogen-bond acceptors (Lipinski definition) is 4. The van der Waals surface area contributed by atoms with Crippen LogP contribution in [-0.4, -0.2) is 42.0 Å². The maximum Gasteiger partial charge on any atom is 0.321 e. The van der Waals surface area contributed by atoms with E-state index in [1.54, 1.807) is 17.0 Å². The first-order valence-corrected chi connectivity index (χ1v) is 6.18. The number of urea groups is 1. The number of nitrogens with zero attached hydrogens (tertiary/aromatic N) is 2. The van der Waals surface area contributed by atoms with Gasteiger partial charge in [0, 0.05) is 37.5 Å². The first kappa shape index (κ1) is 13.3. The molecule has 102 valence electrons. The molecule has 1 saturated heterocycles.